The van der Waals surface area contributed by atoms with E-state index in [1.807, 2.05) is 0 Å². The van der Waals surface area contributed by atoms with E-state index in [0.717, 1.165) is 12.2 Å². The van der Waals surface area contributed by atoms with Gasteiger partial charge in [-0.05, 0) is 45.6 Å². The number of rotatable bonds is 4. The van der Waals surface area contributed by atoms with Gasteiger partial charge < -0.3 is 4.74 Å². The van der Waals surface area contributed by atoms with Crippen LogP contribution in [0.25, 0.3) is 5.69 Å². The Morgan fingerprint density at radius 3 is 2.29 bits per heavy atom. The third-order valence-corrected chi connectivity index (χ3v) is 6.96. The minimum Gasteiger partial charge on any atom is -0.363 e. The van der Waals surface area contributed by atoms with Gasteiger partial charge in [-0.2, -0.15) is 0 Å². The Kier molecular flexibility index (Phi) is 5.01. The van der Waals surface area contributed by atoms with Crippen molar-refractivity contribution in [1.82, 2.24) is 9.78 Å². The second-order valence-corrected chi connectivity index (χ2v) is 10.1. The van der Waals surface area contributed by atoms with Gasteiger partial charge in [0.25, 0.3) is 0 Å². The molecular weight excluding hydrogens is 382 g/mol. The molecule has 1 aromatic heterocycles. The summed E-state index contributed by atoms with van der Waals surface area (Å²) < 4.78 is 10.8. The summed E-state index contributed by atoms with van der Waals surface area (Å²) >= 11 is 0. The highest BCUT2D eigenvalue weighted by molar-refractivity contribution is 5.53. The first-order valence-electron chi connectivity index (χ1n) is 11.7. The average molecular weight is 417 g/mol. The van der Waals surface area contributed by atoms with Gasteiger partial charge in [-0.25, -0.2) is 4.57 Å². The molecule has 4 heteroatoms. The van der Waals surface area contributed by atoms with Crippen molar-refractivity contribution in [2.75, 3.05) is 0 Å². The second-order valence-electron chi connectivity index (χ2n) is 10.1. The van der Waals surface area contributed by atoms with Gasteiger partial charge in [0.05, 0.1) is 0 Å². The first kappa shape index (κ1) is 20.4. The molecule has 0 radical (unpaired) electrons. The molecule has 0 N–H and O–H groups in total. The molecule has 2 aliphatic rings. The lowest BCUT2D eigenvalue weighted by atomic mass is 9.87. The molecule has 1 aliphatic carbocycles. The van der Waals surface area contributed by atoms with Crippen molar-refractivity contribution in [1.29, 1.82) is 0 Å². The van der Waals surface area contributed by atoms with Crippen molar-refractivity contribution < 1.29 is 9.30 Å². The summed E-state index contributed by atoms with van der Waals surface area (Å²) in [7, 11) is 0. The zero-order chi connectivity index (χ0) is 21.9. The van der Waals surface area contributed by atoms with Crippen molar-refractivity contribution in [3.05, 3.63) is 76.4 Å². The Bertz CT molecular complexity index is 1100. The zero-order valence-corrected chi connectivity index (χ0v) is 19.6. The molecule has 2 unspecified atom stereocenters. The lowest BCUT2D eigenvalue weighted by Gasteiger charge is -2.23. The van der Waals surface area contributed by atoms with E-state index in [0.29, 0.717) is 24.4 Å². The Hall–Kier alpha value is -2.46. The molecule has 0 fully saturated rings. The van der Waals surface area contributed by atoms with Crippen LogP contribution < -0.4 is 4.57 Å². The van der Waals surface area contributed by atoms with E-state index in [2.05, 4.69) is 93.5 Å². The van der Waals surface area contributed by atoms with Crippen LogP contribution in [-0.2, 0) is 17.8 Å². The molecule has 2 aromatic carbocycles. The van der Waals surface area contributed by atoms with Crippen molar-refractivity contribution in [3.8, 4) is 5.69 Å². The fourth-order valence-corrected chi connectivity index (χ4v) is 5.21. The number of hydrogen-bond acceptors (Lipinski definition) is 2. The van der Waals surface area contributed by atoms with Crippen LogP contribution in [0.1, 0.15) is 99.0 Å². The van der Waals surface area contributed by atoms with E-state index in [-0.39, 0.29) is 12.1 Å². The molecule has 0 saturated heterocycles. The van der Waals surface area contributed by atoms with E-state index in [9.17, 15) is 0 Å². The molecule has 2 atom stereocenters. The average Bonchev–Trinajstić information content (AvgIpc) is 3.33. The minimum absolute atomic E-state index is 0.199. The maximum atomic E-state index is 6.27. The molecule has 5 rings (SSSR count). The molecule has 0 spiro atoms. The topological polar surface area (TPSA) is 30.9 Å². The molecule has 4 nitrogen and oxygen atoms in total. The molecule has 0 amide bonds. The van der Waals surface area contributed by atoms with Crippen molar-refractivity contribution in [2.24, 2.45) is 0 Å². The summed E-state index contributed by atoms with van der Waals surface area (Å²) in [5, 5.41) is 5.07. The molecule has 3 aromatic rings. The van der Waals surface area contributed by atoms with Crippen molar-refractivity contribution in [3.63, 3.8) is 0 Å². The molecule has 0 bridgehead atoms. The summed E-state index contributed by atoms with van der Waals surface area (Å²) in [6.45, 7) is 14.3. The van der Waals surface area contributed by atoms with Gasteiger partial charge in [0, 0.05) is 11.5 Å². The van der Waals surface area contributed by atoms with E-state index in [1.54, 1.807) is 0 Å². The van der Waals surface area contributed by atoms with Crippen molar-refractivity contribution in [2.45, 2.75) is 84.5 Å². The first-order valence-corrected chi connectivity index (χ1v) is 11.7. The fourth-order valence-electron chi connectivity index (χ4n) is 5.21. The smallest absolute Gasteiger partial charge is 0.304 e. The molecule has 0 saturated carbocycles. The molecule has 162 valence electrons. The predicted octanol–water partition coefficient (Wildman–Crippen LogP) is 5.57. The Balaban J connectivity index is 1.68. The van der Waals surface area contributed by atoms with Crippen LogP contribution in [0.3, 0.4) is 0 Å². The standard InChI is InChI=1S/C27H34N3O/c1-16(2)20-11-22(17(3)4)26(23(12-20)18(5)6)30-15-29-25(28-30)14-31-24-13-19-9-7-8-10-21(19)27(24)29/h7-12,15-18,24,27H,13-14H2,1-6H3/q+1. The SMILES string of the molecule is CC(C)c1cc(C(C)C)c(-n2c[n+]3c(n2)COC2Cc4ccccc4C23)c(C(C)C)c1. The number of fused-ring (bicyclic) bond motifs is 5. The highest BCUT2D eigenvalue weighted by Gasteiger charge is 2.43. The monoisotopic (exact) mass is 416 g/mol. The third kappa shape index (κ3) is 3.32. The van der Waals surface area contributed by atoms with Crippen LogP contribution in [0, 0.1) is 0 Å². The molecule has 31 heavy (non-hydrogen) atoms. The van der Waals surface area contributed by atoms with Crippen LogP contribution in [-0.4, -0.2) is 15.9 Å². The molecular formula is C27H34N3O+. The fraction of sp³-hybridized carbons (Fsp3) is 0.481. The van der Waals surface area contributed by atoms with Gasteiger partial charge in [-0.3, -0.25) is 0 Å². The zero-order valence-electron chi connectivity index (χ0n) is 19.6. The summed E-state index contributed by atoms with van der Waals surface area (Å²) in [5.74, 6) is 2.37. The maximum absolute atomic E-state index is 6.27. The summed E-state index contributed by atoms with van der Waals surface area (Å²) in [5.41, 5.74) is 8.19. The van der Waals surface area contributed by atoms with Gasteiger partial charge >= 0.3 is 5.82 Å². The lowest BCUT2D eigenvalue weighted by Crippen LogP contribution is -2.51. The maximum Gasteiger partial charge on any atom is 0.304 e. The number of aromatic nitrogens is 3. The Morgan fingerprint density at radius 1 is 0.968 bits per heavy atom. The number of hydrogen-bond donors (Lipinski definition) is 0. The summed E-state index contributed by atoms with van der Waals surface area (Å²) in [4.78, 5) is 0. The van der Waals surface area contributed by atoms with Crippen LogP contribution in [0.5, 0.6) is 0 Å². The lowest BCUT2D eigenvalue weighted by molar-refractivity contribution is -0.739. The van der Waals surface area contributed by atoms with E-state index in [1.165, 1.54) is 33.5 Å². The Labute approximate surface area is 185 Å². The summed E-state index contributed by atoms with van der Waals surface area (Å²) in [6.07, 6.45) is 3.40. The predicted molar refractivity (Wildman–Crippen MR) is 123 cm³/mol. The van der Waals surface area contributed by atoms with E-state index < -0.39 is 0 Å². The molecule has 2 heterocycles. The first-order chi connectivity index (χ1) is 14.8. The van der Waals surface area contributed by atoms with E-state index >= 15 is 0 Å². The van der Waals surface area contributed by atoms with Gasteiger partial charge in [0.2, 0.25) is 6.33 Å². The van der Waals surface area contributed by atoms with Crippen LogP contribution in [0.4, 0.5) is 0 Å². The van der Waals surface area contributed by atoms with Gasteiger partial charge in [-0.1, -0.05) is 82.6 Å². The second kappa shape index (κ2) is 7.59. The Morgan fingerprint density at radius 2 is 1.65 bits per heavy atom. The number of ether oxygens (including phenoxy) is 1. The normalized spacial score (nSPS) is 19.8. The highest BCUT2D eigenvalue weighted by Crippen LogP contribution is 2.37. The van der Waals surface area contributed by atoms with E-state index in [4.69, 9.17) is 9.84 Å². The highest BCUT2D eigenvalue weighted by atomic mass is 16.5. The van der Waals surface area contributed by atoms with Gasteiger partial charge in [0.1, 0.15) is 24.4 Å². The summed E-state index contributed by atoms with van der Waals surface area (Å²) in [6, 6.07) is 13.8. The third-order valence-electron chi connectivity index (χ3n) is 6.96. The number of benzene rings is 2. The minimum atomic E-state index is 0.199. The van der Waals surface area contributed by atoms with Gasteiger partial charge in [-0.15, -0.1) is 0 Å². The van der Waals surface area contributed by atoms with Crippen LogP contribution in [0.15, 0.2) is 42.7 Å². The largest absolute Gasteiger partial charge is 0.363 e. The van der Waals surface area contributed by atoms with Crippen molar-refractivity contribution >= 4 is 0 Å². The van der Waals surface area contributed by atoms with Crippen LogP contribution in [0.2, 0.25) is 0 Å². The van der Waals surface area contributed by atoms with Crippen LogP contribution >= 0.6 is 0 Å². The number of nitrogens with zero attached hydrogens (tertiary/aromatic N) is 3. The van der Waals surface area contributed by atoms with Gasteiger partial charge in [0.15, 0.2) is 0 Å². The molecule has 1 aliphatic heterocycles. The quantitative estimate of drug-likeness (QED) is 0.520.